The van der Waals surface area contributed by atoms with E-state index < -0.39 is 5.41 Å². The van der Waals surface area contributed by atoms with E-state index in [1.165, 1.54) is 0 Å². The Bertz CT molecular complexity index is 340. The van der Waals surface area contributed by atoms with Gasteiger partial charge in [0.15, 0.2) is 0 Å². The maximum Gasteiger partial charge on any atom is 0.311 e. The first-order chi connectivity index (χ1) is 8.14. The Hall–Kier alpha value is -0.570. The van der Waals surface area contributed by atoms with Crippen molar-refractivity contribution in [2.45, 2.75) is 53.6 Å². The summed E-state index contributed by atoms with van der Waals surface area (Å²) in [6.45, 7) is 10.5. The normalized spacial score (nSPS) is 37.9. The van der Waals surface area contributed by atoms with Crippen LogP contribution in [-0.2, 0) is 9.53 Å². The first-order valence-electron chi connectivity index (χ1n) is 6.99. The van der Waals surface area contributed by atoms with Crippen molar-refractivity contribution < 1.29 is 14.6 Å². The summed E-state index contributed by atoms with van der Waals surface area (Å²) in [6.07, 6.45) is 1.66. The Morgan fingerprint density at radius 1 is 1.28 bits per heavy atom. The topological polar surface area (TPSA) is 46.5 Å². The molecule has 104 valence electrons. The predicted octanol–water partition coefficient (Wildman–Crippen LogP) is 2.62. The molecular formula is C15H26O3. The van der Waals surface area contributed by atoms with Gasteiger partial charge in [0.25, 0.3) is 0 Å². The number of hydrogen-bond donors (Lipinski definition) is 1. The van der Waals surface area contributed by atoms with E-state index in [0.717, 1.165) is 12.8 Å². The van der Waals surface area contributed by atoms with Gasteiger partial charge in [-0.3, -0.25) is 4.79 Å². The highest BCUT2D eigenvalue weighted by molar-refractivity contribution is 5.75. The molecule has 0 aromatic carbocycles. The fourth-order valence-electron chi connectivity index (χ4n) is 3.67. The van der Waals surface area contributed by atoms with Gasteiger partial charge in [-0.1, -0.05) is 13.8 Å². The van der Waals surface area contributed by atoms with Crippen molar-refractivity contribution >= 4 is 5.97 Å². The Labute approximate surface area is 110 Å². The van der Waals surface area contributed by atoms with Crippen molar-refractivity contribution in [1.29, 1.82) is 0 Å². The summed E-state index contributed by atoms with van der Waals surface area (Å²) in [4.78, 5) is 11.8. The van der Waals surface area contributed by atoms with Crippen LogP contribution >= 0.6 is 0 Å². The van der Waals surface area contributed by atoms with Crippen LogP contribution in [-0.4, -0.2) is 23.8 Å². The molecular weight excluding hydrogens is 228 g/mol. The van der Waals surface area contributed by atoms with Gasteiger partial charge in [0.2, 0.25) is 0 Å². The molecule has 1 N–H and O–H groups in total. The largest absolute Gasteiger partial charge is 0.465 e. The Morgan fingerprint density at radius 2 is 1.89 bits per heavy atom. The van der Waals surface area contributed by atoms with Crippen LogP contribution in [0, 0.1) is 28.6 Å². The summed E-state index contributed by atoms with van der Waals surface area (Å²) in [7, 11) is 0. The van der Waals surface area contributed by atoms with Gasteiger partial charge in [0, 0.05) is 0 Å². The van der Waals surface area contributed by atoms with Crippen LogP contribution in [0.3, 0.4) is 0 Å². The Kier molecular flexibility index (Phi) is 3.25. The second-order valence-electron chi connectivity index (χ2n) is 7.68. The predicted molar refractivity (Wildman–Crippen MR) is 69.9 cm³/mol. The molecule has 4 atom stereocenters. The lowest BCUT2D eigenvalue weighted by Crippen LogP contribution is -2.59. The molecule has 3 aliphatic carbocycles. The molecule has 18 heavy (non-hydrogen) atoms. The molecule has 3 nitrogen and oxygen atoms in total. The maximum absolute atomic E-state index is 11.8. The van der Waals surface area contributed by atoms with Gasteiger partial charge in [-0.05, 0) is 56.8 Å². The number of carbonyl (C=O) groups is 1. The van der Waals surface area contributed by atoms with E-state index in [9.17, 15) is 9.90 Å². The van der Waals surface area contributed by atoms with Gasteiger partial charge in [0.1, 0.15) is 0 Å². The minimum Gasteiger partial charge on any atom is -0.465 e. The van der Waals surface area contributed by atoms with E-state index in [-0.39, 0.29) is 17.5 Å². The van der Waals surface area contributed by atoms with E-state index in [4.69, 9.17) is 4.74 Å². The molecule has 0 radical (unpaired) electrons. The van der Waals surface area contributed by atoms with E-state index in [1.54, 1.807) is 0 Å². The summed E-state index contributed by atoms with van der Waals surface area (Å²) in [5.74, 6) is 1.22. The number of hydrogen-bond acceptors (Lipinski definition) is 3. The monoisotopic (exact) mass is 254 g/mol. The molecule has 2 unspecified atom stereocenters. The lowest BCUT2D eigenvalue weighted by molar-refractivity contribution is -0.189. The van der Waals surface area contributed by atoms with Crippen LogP contribution in [0.25, 0.3) is 0 Å². The fraction of sp³-hybridized carbons (Fsp3) is 0.933. The second-order valence-corrected chi connectivity index (χ2v) is 7.68. The fourth-order valence-corrected chi connectivity index (χ4v) is 3.67. The molecule has 3 rings (SSSR count). The average Bonchev–Trinajstić information content (AvgIpc) is 2.23. The SMILES string of the molecule is CC(C)(C)C(=O)OCC1CC(O)[C@H]2C[C@@H]1C2(C)C. The third-order valence-electron chi connectivity index (χ3n) is 5.04. The molecule has 3 heteroatoms. The van der Waals surface area contributed by atoms with Crippen LogP contribution in [0.1, 0.15) is 47.5 Å². The minimum atomic E-state index is -0.440. The van der Waals surface area contributed by atoms with Gasteiger partial charge < -0.3 is 9.84 Å². The zero-order valence-corrected chi connectivity index (χ0v) is 12.2. The number of aliphatic hydroxyl groups is 1. The highest BCUT2D eigenvalue weighted by Gasteiger charge is 2.58. The van der Waals surface area contributed by atoms with E-state index in [0.29, 0.717) is 24.4 Å². The summed E-state index contributed by atoms with van der Waals surface area (Å²) >= 11 is 0. The first kappa shape index (κ1) is 13.9. The quantitative estimate of drug-likeness (QED) is 0.771. The number of carbonyl (C=O) groups excluding carboxylic acids is 1. The molecule has 0 amide bonds. The van der Waals surface area contributed by atoms with Crippen molar-refractivity contribution in [2.24, 2.45) is 28.6 Å². The molecule has 0 aliphatic heterocycles. The number of rotatable bonds is 2. The smallest absolute Gasteiger partial charge is 0.311 e. The van der Waals surface area contributed by atoms with Crippen LogP contribution in [0.15, 0.2) is 0 Å². The van der Waals surface area contributed by atoms with Crippen LogP contribution < -0.4 is 0 Å². The summed E-state index contributed by atoms with van der Waals surface area (Å²) in [5.41, 5.74) is -0.235. The molecule has 0 aromatic rings. The third-order valence-corrected chi connectivity index (χ3v) is 5.04. The van der Waals surface area contributed by atoms with Crippen LogP contribution in [0.2, 0.25) is 0 Å². The van der Waals surface area contributed by atoms with Gasteiger partial charge in [-0.15, -0.1) is 0 Å². The van der Waals surface area contributed by atoms with E-state index in [2.05, 4.69) is 13.8 Å². The van der Waals surface area contributed by atoms with E-state index >= 15 is 0 Å². The first-order valence-corrected chi connectivity index (χ1v) is 6.99. The summed E-state index contributed by atoms with van der Waals surface area (Å²) in [6, 6.07) is 0. The highest BCUT2D eigenvalue weighted by atomic mass is 16.5. The lowest BCUT2D eigenvalue weighted by atomic mass is 9.45. The zero-order valence-electron chi connectivity index (χ0n) is 12.2. The third kappa shape index (κ3) is 2.18. The van der Waals surface area contributed by atoms with Crippen molar-refractivity contribution in [2.75, 3.05) is 6.61 Å². The Morgan fingerprint density at radius 3 is 2.33 bits per heavy atom. The van der Waals surface area contributed by atoms with Crippen molar-refractivity contribution in [3.8, 4) is 0 Å². The standard InChI is InChI=1S/C15H26O3/c1-14(2,3)13(17)18-8-9-6-12(16)11-7-10(9)15(11,4)5/h9-12,16H,6-8H2,1-5H3/t9?,10-,11+,12?/m0/s1. The average molecular weight is 254 g/mol. The van der Waals surface area contributed by atoms with Gasteiger partial charge in [-0.2, -0.15) is 0 Å². The van der Waals surface area contributed by atoms with Crippen LogP contribution in [0.5, 0.6) is 0 Å². The van der Waals surface area contributed by atoms with Crippen molar-refractivity contribution in [3.63, 3.8) is 0 Å². The molecule has 0 aromatic heterocycles. The maximum atomic E-state index is 11.8. The molecule has 0 heterocycles. The number of esters is 1. The molecule has 3 aliphatic rings. The zero-order chi connectivity index (χ0) is 13.7. The number of aliphatic hydroxyl groups excluding tert-OH is 1. The summed E-state index contributed by atoms with van der Waals surface area (Å²) < 4.78 is 5.43. The van der Waals surface area contributed by atoms with Crippen molar-refractivity contribution in [1.82, 2.24) is 0 Å². The van der Waals surface area contributed by atoms with Gasteiger partial charge >= 0.3 is 5.97 Å². The molecule has 3 saturated carbocycles. The second kappa shape index (κ2) is 4.22. The lowest BCUT2D eigenvalue weighted by Gasteiger charge is -2.61. The minimum absolute atomic E-state index is 0.142. The van der Waals surface area contributed by atoms with Gasteiger partial charge in [0.05, 0.1) is 18.1 Å². The van der Waals surface area contributed by atoms with Crippen LogP contribution in [0.4, 0.5) is 0 Å². The molecule has 3 fully saturated rings. The number of fused-ring (bicyclic) bond motifs is 2. The Balaban J connectivity index is 1.93. The summed E-state index contributed by atoms with van der Waals surface area (Å²) in [5, 5.41) is 10.1. The number of ether oxygens (including phenoxy) is 1. The van der Waals surface area contributed by atoms with E-state index in [1.807, 2.05) is 20.8 Å². The molecule has 0 saturated heterocycles. The molecule has 2 bridgehead atoms. The molecule has 0 spiro atoms. The highest BCUT2D eigenvalue weighted by Crippen LogP contribution is 2.61. The van der Waals surface area contributed by atoms with Crippen molar-refractivity contribution in [3.05, 3.63) is 0 Å². The van der Waals surface area contributed by atoms with Gasteiger partial charge in [-0.25, -0.2) is 0 Å².